The highest BCUT2D eigenvalue weighted by Crippen LogP contribution is 2.30. The van der Waals surface area contributed by atoms with Crippen molar-refractivity contribution < 1.29 is 19.1 Å². The average Bonchev–Trinajstić information content (AvgIpc) is 2.95. The number of carboxylic acids is 1. The van der Waals surface area contributed by atoms with E-state index in [-0.39, 0.29) is 18.3 Å². The molecular formula is C17H20FN3O3. The molecular weight excluding hydrogens is 313 g/mol. The molecule has 1 aromatic carbocycles. The first kappa shape index (κ1) is 16.4. The van der Waals surface area contributed by atoms with Crippen LogP contribution in [0.1, 0.15) is 37.9 Å². The zero-order valence-electron chi connectivity index (χ0n) is 13.2. The molecule has 1 aliphatic rings. The summed E-state index contributed by atoms with van der Waals surface area (Å²) in [6.45, 7) is 0.0889. The van der Waals surface area contributed by atoms with Gasteiger partial charge in [-0.25, -0.2) is 9.37 Å². The smallest absolute Gasteiger partial charge is 0.316 e. The summed E-state index contributed by atoms with van der Waals surface area (Å²) >= 11 is 0. The maximum atomic E-state index is 13.2. The molecule has 0 radical (unpaired) electrons. The van der Waals surface area contributed by atoms with Crippen LogP contribution in [-0.2, 0) is 16.1 Å². The van der Waals surface area contributed by atoms with E-state index >= 15 is 0 Å². The molecule has 1 aliphatic carbocycles. The number of aromatic nitrogens is 2. The average molecular weight is 333 g/mol. The molecule has 0 aliphatic heterocycles. The summed E-state index contributed by atoms with van der Waals surface area (Å²) in [5.74, 6) is -2.60. The largest absolute Gasteiger partial charge is 0.481 e. The lowest BCUT2D eigenvalue weighted by molar-refractivity contribution is -0.150. The van der Waals surface area contributed by atoms with E-state index < -0.39 is 17.8 Å². The van der Waals surface area contributed by atoms with Gasteiger partial charge >= 0.3 is 5.97 Å². The van der Waals surface area contributed by atoms with Gasteiger partial charge in [0, 0.05) is 0 Å². The number of aromatic amines is 1. The Morgan fingerprint density at radius 3 is 2.79 bits per heavy atom. The van der Waals surface area contributed by atoms with Gasteiger partial charge in [0.2, 0.25) is 5.91 Å². The van der Waals surface area contributed by atoms with E-state index in [0.717, 1.165) is 32.1 Å². The number of amides is 1. The maximum Gasteiger partial charge on any atom is 0.316 e. The van der Waals surface area contributed by atoms with E-state index in [0.29, 0.717) is 16.9 Å². The van der Waals surface area contributed by atoms with Crippen LogP contribution in [0, 0.1) is 17.7 Å². The topological polar surface area (TPSA) is 95.1 Å². The molecule has 6 nitrogen and oxygen atoms in total. The quantitative estimate of drug-likeness (QED) is 0.733. The fourth-order valence-electron chi connectivity index (χ4n) is 3.39. The molecule has 128 valence electrons. The summed E-state index contributed by atoms with van der Waals surface area (Å²) in [7, 11) is 0. The first-order valence-electron chi connectivity index (χ1n) is 8.19. The summed E-state index contributed by atoms with van der Waals surface area (Å²) in [6.07, 6.45) is 4.58. The van der Waals surface area contributed by atoms with E-state index in [9.17, 15) is 19.1 Å². The zero-order chi connectivity index (χ0) is 17.1. The van der Waals surface area contributed by atoms with Crippen molar-refractivity contribution in [2.75, 3.05) is 0 Å². The number of fused-ring (bicyclic) bond motifs is 1. The van der Waals surface area contributed by atoms with Gasteiger partial charge in [-0.3, -0.25) is 9.59 Å². The predicted molar refractivity (Wildman–Crippen MR) is 85.6 cm³/mol. The van der Waals surface area contributed by atoms with Crippen LogP contribution in [0.4, 0.5) is 4.39 Å². The number of imidazole rings is 1. The van der Waals surface area contributed by atoms with Gasteiger partial charge in [0.25, 0.3) is 0 Å². The van der Waals surface area contributed by atoms with Crippen LogP contribution >= 0.6 is 0 Å². The molecule has 1 atom stereocenters. The first-order valence-corrected chi connectivity index (χ1v) is 8.19. The third-order valence-electron chi connectivity index (χ3n) is 4.59. The second kappa shape index (κ2) is 6.98. The third kappa shape index (κ3) is 3.55. The Morgan fingerprint density at radius 1 is 1.33 bits per heavy atom. The second-order valence-corrected chi connectivity index (χ2v) is 6.28. The Bertz CT molecular complexity index is 753. The number of nitrogens with zero attached hydrogens (tertiary/aromatic N) is 1. The fourth-order valence-corrected chi connectivity index (χ4v) is 3.39. The number of rotatable bonds is 5. The number of carbonyl (C=O) groups is 2. The van der Waals surface area contributed by atoms with Crippen molar-refractivity contribution in [3.05, 3.63) is 29.8 Å². The molecule has 7 heteroatoms. The molecule has 1 fully saturated rings. The highest BCUT2D eigenvalue weighted by Gasteiger charge is 2.35. The summed E-state index contributed by atoms with van der Waals surface area (Å²) in [5.41, 5.74) is 1.14. The van der Waals surface area contributed by atoms with Crippen molar-refractivity contribution >= 4 is 22.9 Å². The lowest BCUT2D eigenvalue weighted by atomic mass is 9.79. The van der Waals surface area contributed by atoms with Gasteiger partial charge < -0.3 is 15.4 Å². The van der Waals surface area contributed by atoms with Gasteiger partial charge in [-0.2, -0.15) is 0 Å². The summed E-state index contributed by atoms with van der Waals surface area (Å²) < 4.78 is 13.2. The van der Waals surface area contributed by atoms with Crippen LogP contribution in [0.5, 0.6) is 0 Å². The Labute approximate surface area is 138 Å². The Morgan fingerprint density at radius 2 is 2.08 bits per heavy atom. The molecule has 1 unspecified atom stereocenters. The molecule has 0 bridgehead atoms. The van der Waals surface area contributed by atoms with Gasteiger partial charge in [-0.15, -0.1) is 0 Å². The number of nitrogens with one attached hydrogen (secondary N) is 2. The minimum atomic E-state index is -1.08. The molecule has 24 heavy (non-hydrogen) atoms. The van der Waals surface area contributed by atoms with E-state index in [1.807, 2.05) is 0 Å². The van der Waals surface area contributed by atoms with Gasteiger partial charge in [-0.1, -0.05) is 19.3 Å². The monoisotopic (exact) mass is 333 g/mol. The fraction of sp³-hybridized carbons (Fsp3) is 0.471. The number of hydrogen-bond acceptors (Lipinski definition) is 3. The van der Waals surface area contributed by atoms with Gasteiger partial charge in [0.1, 0.15) is 17.6 Å². The molecule has 1 amide bonds. The van der Waals surface area contributed by atoms with Crippen molar-refractivity contribution in [2.45, 2.75) is 38.6 Å². The van der Waals surface area contributed by atoms with E-state index in [1.54, 1.807) is 6.07 Å². The summed E-state index contributed by atoms with van der Waals surface area (Å²) in [4.78, 5) is 31.0. The normalized spacial score (nSPS) is 16.9. The molecule has 0 saturated heterocycles. The van der Waals surface area contributed by atoms with Gasteiger partial charge in [0.05, 0.1) is 17.6 Å². The molecule has 3 N–H and O–H groups in total. The number of carbonyl (C=O) groups excluding carboxylic acids is 1. The highest BCUT2D eigenvalue weighted by molar-refractivity contribution is 5.97. The van der Waals surface area contributed by atoms with Crippen molar-refractivity contribution in [3.8, 4) is 0 Å². The Kier molecular flexibility index (Phi) is 4.78. The minimum absolute atomic E-state index is 0.0889. The molecule has 1 heterocycles. The standard InChI is InChI=1S/C17H20FN3O3/c18-11-6-7-12-13(8-11)21-14(20-12)9-19-16(22)15(17(23)24)10-4-2-1-3-5-10/h6-8,10,15H,1-5,9H2,(H,19,22)(H,20,21)(H,23,24). The minimum Gasteiger partial charge on any atom is -0.481 e. The number of carboxylic acid groups (broad SMARTS) is 1. The van der Waals surface area contributed by atoms with Crippen LogP contribution in [0.2, 0.25) is 0 Å². The summed E-state index contributed by atoms with van der Waals surface area (Å²) in [5, 5.41) is 12.1. The number of H-pyrrole nitrogens is 1. The van der Waals surface area contributed by atoms with Gasteiger partial charge in [-0.05, 0) is 37.0 Å². The number of hydrogen-bond donors (Lipinski definition) is 3. The second-order valence-electron chi connectivity index (χ2n) is 6.28. The number of halogens is 1. The molecule has 1 aromatic heterocycles. The maximum absolute atomic E-state index is 13.2. The molecule has 0 spiro atoms. The molecule has 1 saturated carbocycles. The highest BCUT2D eigenvalue weighted by atomic mass is 19.1. The van der Waals surface area contributed by atoms with E-state index in [1.165, 1.54) is 12.1 Å². The van der Waals surface area contributed by atoms with Crippen molar-refractivity contribution in [1.29, 1.82) is 0 Å². The lowest BCUT2D eigenvalue weighted by Crippen LogP contribution is -2.40. The van der Waals surface area contributed by atoms with Crippen LogP contribution in [0.25, 0.3) is 11.0 Å². The third-order valence-corrected chi connectivity index (χ3v) is 4.59. The number of benzene rings is 1. The first-order chi connectivity index (χ1) is 11.5. The van der Waals surface area contributed by atoms with Gasteiger partial charge in [0.15, 0.2) is 0 Å². The van der Waals surface area contributed by atoms with Crippen LogP contribution in [0.3, 0.4) is 0 Å². The zero-order valence-corrected chi connectivity index (χ0v) is 13.2. The van der Waals surface area contributed by atoms with Crippen molar-refractivity contribution in [3.63, 3.8) is 0 Å². The predicted octanol–water partition coefficient (Wildman–Crippen LogP) is 2.60. The Balaban J connectivity index is 1.66. The van der Waals surface area contributed by atoms with E-state index in [2.05, 4.69) is 15.3 Å². The van der Waals surface area contributed by atoms with Crippen LogP contribution < -0.4 is 5.32 Å². The van der Waals surface area contributed by atoms with Crippen molar-refractivity contribution in [2.24, 2.45) is 11.8 Å². The molecule has 2 aromatic rings. The number of aliphatic carboxylic acids is 1. The Hall–Kier alpha value is -2.44. The lowest BCUT2D eigenvalue weighted by Gasteiger charge is -2.26. The SMILES string of the molecule is O=C(O)C(C(=O)NCc1nc2ccc(F)cc2[nH]1)C1CCCCC1. The van der Waals surface area contributed by atoms with Crippen molar-refractivity contribution in [1.82, 2.24) is 15.3 Å². The van der Waals surface area contributed by atoms with Crippen LogP contribution in [-0.4, -0.2) is 27.0 Å². The van der Waals surface area contributed by atoms with Crippen LogP contribution in [0.15, 0.2) is 18.2 Å². The summed E-state index contributed by atoms with van der Waals surface area (Å²) in [6, 6.07) is 4.19. The van der Waals surface area contributed by atoms with E-state index in [4.69, 9.17) is 0 Å². The molecule has 3 rings (SSSR count).